The Hall–Kier alpha value is -4.26. The second-order valence-corrected chi connectivity index (χ2v) is 8.60. The number of carbonyl (C=O) groups is 2. The molecule has 1 saturated heterocycles. The zero-order valence-corrected chi connectivity index (χ0v) is 19.4. The normalized spacial score (nSPS) is 17.5. The molecule has 176 valence electrons. The third-order valence-corrected chi connectivity index (χ3v) is 6.54. The summed E-state index contributed by atoms with van der Waals surface area (Å²) in [6, 6.07) is 28.2. The van der Waals surface area contributed by atoms with E-state index in [-0.39, 0.29) is 11.9 Å². The van der Waals surface area contributed by atoms with Gasteiger partial charge in [-0.05, 0) is 11.1 Å². The van der Waals surface area contributed by atoms with Crippen molar-refractivity contribution in [3.8, 4) is 11.3 Å². The Morgan fingerprint density at radius 3 is 2.03 bits per heavy atom. The van der Waals surface area contributed by atoms with Crippen LogP contribution in [0.4, 0.5) is 0 Å². The predicted molar refractivity (Wildman–Crippen MR) is 131 cm³/mol. The quantitative estimate of drug-likeness (QED) is 0.400. The van der Waals surface area contributed by atoms with E-state index in [2.05, 4.69) is 10.3 Å². The highest BCUT2D eigenvalue weighted by atomic mass is 16.5. The Morgan fingerprint density at radius 2 is 1.46 bits per heavy atom. The highest BCUT2D eigenvalue weighted by Crippen LogP contribution is 2.35. The van der Waals surface area contributed by atoms with Gasteiger partial charge in [-0.3, -0.25) is 4.79 Å². The van der Waals surface area contributed by atoms with E-state index >= 15 is 0 Å². The van der Waals surface area contributed by atoms with E-state index in [1.54, 1.807) is 11.1 Å². The van der Waals surface area contributed by atoms with Crippen molar-refractivity contribution in [2.45, 2.75) is 24.4 Å². The lowest BCUT2D eigenvalue weighted by Crippen LogP contribution is -2.43. The van der Waals surface area contributed by atoms with Gasteiger partial charge in [0.05, 0.1) is 31.0 Å². The smallest absolute Gasteiger partial charge is 0.328 e. The van der Waals surface area contributed by atoms with Crippen LogP contribution in [0.5, 0.6) is 0 Å². The average molecular weight is 467 g/mol. The molecule has 0 aliphatic carbocycles. The Balaban J connectivity index is 1.51. The molecule has 1 aliphatic heterocycles. The number of likely N-dealkylation sites (tertiary alicyclic amines) is 1. The summed E-state index contributed by atoms with van der Waals surface area (Å²) in [7, 11) is 1.36. The molecule has 7 nitrogen and oxygen atoms in total. The van der Waals surface area contributed by atoms with Crippen LogP contribution in [-0.2, 0) is 14.3 Å². The highest BCUT2D eigenvalue weighted by Gasteiger charge is 2.44. The summed E-state index contributed by atoms with van der Waals surface area (Å²) in [4.78, 5) is 28.6. The van der Waals surface area contributed by atoms with E-state index in [9.17, 15) is 9.59 Å². The average Bonchev–Trinajstić information content (AvgIpc) is 3.58. The van der Waals surface area contributed by atoms with Gasteiger partial charge < -0.3 is 9.64 Å². The molecule has 3 aromatic carbocycles. The predicted octanol–water partition coefficient (Wildman–Crippen LogP) is 4.09. The van der Waals surface area contributed by atoms with Crippen LogP contribution in [-0.4, -0.2) is 51.5 Å². The molecule has 1 aromatic heterocycles. The number of aromatic nitrogens is 3. The van der Waals surface area contributed by atoms with Crippen molar-refractivity contribution in [1.82, 2.24) is 19.9 Å². The standard InChI is InChI=1S/C28H26N4O3/c1-35-28(34)24-17-23(32-25(18-29-30-32)20-11-5-2-6-12-20)19-31(24)27(33)26(21-13-7-3-8-14-21)22-15-9-4-10-16-22/h2-16,18,23-24,26H,17,19H2,1H3/t23-,24-/m0/s1. The largest absolute Gasteiger partial charge is 0.467 e. The van der Waals surface area contributed by atoms with Gasteiger partial charge in [0, 0.05) is 18.5 Å². The third-order valence-electron chi connectivity index (χ3n) is 6.54. The van der Waals surface area contributed by atoms with E-state index in [0.29, 0.717) is 13.0 Å². The first-order valence-corrected chi connectivity index (χ1v) is 11.6. The van der Waals surface area contributed by atoms with Crippen molar-refractivity contribution in [1.29, 1.82) is 0 Å². The van der Waals surface area contributed by atoms with Crippen LogP contribution in [0.2, 0.25) is 0 Å². The zero-order valence-electron chi connectivity index (χ0n) is 19.4. The first-order chi connectivity index (χ1) is 17.2. The molecule has 2 heterocycles. The van der Waals surface area contributed by atoms with Crippen LogP contribution in [0.3, 0.4) is 0 Å². The van der Waals surface area contributed by atoms with Crippen molar-refractivity contribution in [3.05, 3.63) is 108 Å². The van der Waals surface area contributed by atoms with Gasteiger partial charge in [-0.25, -0.2) is 9.48 Å². The minimum atomic E-state index is -0.708. The van der Waals surface area contributed by atoms with E-state index in [1.165, 1.54) is 7.11 Å². The lowest BCUT2D eigenvalue weighted by Gasteiger charge is -2.28. The summed E-state index contributed by atoms with van der Waals surface area (Å²) >= 11 is 0. The van der Waals surface area contributed by atoms with Crippen molar-refractivity contribution in [2.24, 2.45) is 0 Å². The molecule has 0 N–H and O–H groups in total. The summed E-state index contributed by atoms with van der Waals surface area (Å²) in [5, 5.41) is 8.45. The molecular formula is C28H26N4O3. The SMILES string of the molecule is COC(=O)[C@@H]1C[C@H](n2nncc2-c2ccccc2)CN1C(=O)C(c1ccccc1)c1ccccc1. The third kappa shape index (κ3) is 4.45. The fraction of sp³-hybridized carbons (Fsp3) is 0.214. The molecule has 0 unspecified atom stereocenters. The van der Waals surface area contributed by atoms with Gasteiger partial charge in [0.25, 0.3) is 0 Å². The summed E-state index contributed by atoms with van der Waals surface area (Å²) in [6.45, 7) is 0.331. The zero-order chi connectivity index (χ0) is 24.2. The van der Waals surface area contributed by atoms with E-state index in [4.69, 9.17) is 4.74 Å². The van der Waals surface area contributed by atoms with Gasteiger partial charge in [0.2, 0.25) is 5.91 Å². The van der Waals surface area contributed by atoms with Crippen LogP contribution in [0.25, 0.3) is 11.3 Å². The second kappa shape index (κ2) is 9.93. The maximum Gasteiger partial charge on any atom is 0.328 e. The molecule has 7 heteroatoms. The van der Waals surface area contributed by atoms with Crippen LogP contribution in [0.1, 0.15) is 29.5 Å². The van der Waals surface area contributed by atoms with Gasteiger partial charge in [-0.1, -0.05) is 96.2 Å². The molecule has 0 bridgehead atoms. The first-order valence-electron chi connectivity index (χ1n) is 11.6. The van der Waals surface area contributed by atoms with Gasteiger partial charge >= 0.3 is 5.97 Å². The lowest BCUT2D eigenvalue weighted by molar-refractivity contribution is -0.151. The van der Waals surface area contributed by atoms with Crippen LogP contribution in [0.15, 0.2) is 97.2 Å². The Kier molecular flexibility index (Phi) is 6.39. The van der Waals surface area contributed by atoms with E-state index in [0.717, 1.165) is 22.4 Å². The number of esters is 1. The Labute approximate surface area is 204 Å². The topological polar surface area (TPSA) is 77.3 Å². The Bertz CT molecular complexity index is 1250. The molecule has 0 saturated carbocycles. The number of rotatable bonds is 6. The van der Waals surface area contributed by atoms with Crippen molar-refractivity contribution in [2.75, 3.05) is 13.7 Å². The number of nitrogens with zero attached hydrogens (tertiary/aromatic N) is 4. The number of ether oxygens (including phenoxy) is 1. The molecule has 5 rings (SSSR count). The van der Waals surface area contributed by atoms with Gasteiger partial charge in [0.1, 0.15) is 6.04 Å². The van der Waals surface area contributed by atoms with Gasteiger partial charge in [-0.15, -0.1) is 5.10 Å². The first kappa shape index (κ1) is 22.5. The van der Waals surface area contributed by atoms with Crippen molar-refractivity contribution in [3.63, 3.8) is 0 Å². The molecule has 0 spiro atoms. The van der Waals surface area contributed by atoms with Crippen LogP contribution >= 0.6 is 0 Å². The number of hydrogen-bond acceptors (Lipinski definition) is 5. The molecule has 1 fully saturated rings. The molecular weight excluding hydrogens is 440 g/mol. The monoisotopic (exact) mass is 466 g/mol. The van der Waals surface area contributed by atoms with Crippen LogP contribution in [0, 0.1) is 0 Å². The number of carbonyl (C=O) groups excluding carboxylic acids is 2. The van der Waals surface area contributed by atoms with Crippen molar-refractivity contribution < 1.29 is 14.3 Å². The molecule has 2 atom stereocenters. The van der Waals surface area contributed by atoms with E-state index in [1.807, 2.05) is 95.7 Å². The summed E-state index contributed by atoms with van der Waals surface area (Å²) in [6.07, 6.45) is 2.11. The number of hydrogen-bond donors (Lipinski definition) is 0. The number of methoxy groups -OCH3 is 1. The van der Waals surface area contributed by atoms with Crippen LogP contribution < -0.4 is 0 Å². The minimum Gasteiger partial charge on any atom is -0.467 e. The number of benzene rings is 3. The fourth-order valence-corrected chi connectivity index (χ4v) is 4.86. The van der Waals surface area contributed by atoms with E-state index < -0.39 is 17.9 Å². The fourth-order valence-electron chi connectivity index (χ4n) is 4.86. The molecule has 4 aromatic rings. The second-order valence-electron chi connectivity index (χ2n) is 8.60. The molecule has 35 heavy (non-hydrogen) atoms. The Morgan fingerprint density at radius 1 is 0.886 bits per heavy atom. The van der Waals surface area contributed by atoms with Gasteiger partial charge in [0.15, 0.2) is 0 Å². The molecule has 0 radical (unpaired) electrons. The molecule has 1 aliphatic rings. The maximum atomic E-state index is 14.1. The van der Waals surface area contributed by atoms with Crippen molar-refractivity contribution >= 4 is 11.9 Å². The highest BCUT2D eigenvalue weighted by molar-refractivity contribution is 5.91. The molecule has 1 amide bonds. The lowest BCUT2D eigenvalue weighted by atomic mass is 9.90. The summed E-state index contributed by atoms with van der Waals surface area (Å²) < 4.78 is 6.93. The number of amides is 1. The van der Waals surface area contributed by atoms with Gasteiger partial charge in [-0.2, -0.15) is 0 Å². The maximum absolute atomic E-state index is 14.1. The minimum absolute atomic E-state index is 0.137. The summed E-state index contributed by atoms with van der Waals surface area (Å²) in [5.74, 6) is -1.10. The summed E-state index contributed by atoms with van der Waals surface area (Å²) in [5.41, 5.74) is 3.57.